The van der Waals surface area contributed by atoms with Crippen molar-refractivity contribution in [3.8, 4) is 0 Å². The van der Waals surface area contributed by atoms with Crippen LogP contribution in [0.25, 0.3) is 0 Å². The van der Waals surface area contributed by atoms with E-state index < -0.39 is 0 Å². The number of aromatic nitrogens is 3. The molecule has 0 unspecified atom stereocenters. The molecule has 1 aliphatic heterocycles. The van der Waals surface area contributed by atoms with E-state index in [4.69, 9.17) is 0 Å². The van der Waals surface area contributed by atoms with Gasteiger partial charge in [-0.1, -0.05) is 0 Å². The van der Waals surface area contributed by atoms with Crippen LogP contribution in [0.5, 0.6) is 0 Å². The van der Waals surface area contributed by atoms with Crippen molar-refractivity contribution in [1.29, 1.82) is 0 Å². The van der Waals surface area contributed by atoms with Gasteiger partial charge in [0.2, 0.25) is 5.95 Å². The average Bonchev–Trinajstić information content (AvgIpc) is 3.14. The van der Waals surface area contributed by atoms with E-state index in [-0.39, 0.29) is 0 Å². The quantitative estimate of drug-likeness (QED) is 0.732. The first kappa shape index (κ1) is 9.07. The topological polar surface area (TPSA) is 41.9 Å². The van der Waals surface area contributed by atoms with E-state index in [0.717, 1.165) is 30.9 Å². The van der Waals surface area contributed by atoms with Gasteiger partial charge in [-0.15, -0.1) is 5.10 Å². The fraction of sp³-hybridized carbons (Fsp3) is 0.727. The predicted octanol–water partition coefficient (Wildman–Crippen LogP) is 1.50. The molecular weight excluding hydrogens is 188 g/mol. The molecule has 1 aromatic heterocycles. The van der Waals surface area contributed by atoms with Gasteiger partial charge < -0.3 is 4.90 Å². The van der Waals surface area contributed by atoms with Crippen LogP contribution in [-0.4, -0.2) is 28.3 Å². The monoisotopic (exact) mass is 204 g/mol. The summed E-state index contributed by atoms with van der Waals surface area (Å²) in [7, 11) is 0. The van der Waals surface area contributed by atoms with Crippen molar-refractivity contribution in [3.05, 3.63) is 12.4 Å². The van der Waals surface area contributed by atoms with E-state index in [2.05, 4.69) is 20.1 Å². The van der Waals surface area contributed by atoms with Crippen molar-refractivity contribution in [1.82, 2.24) is 15.2 Å². The summed E-state index contributed by atoms with van der Waals surface area (Å²) in [4.78, 5) is 6.56. The number of anilines is 1. The Morgan fingerprint density at radius 2 is 2.07 bits per heavy atom. The van der Waals surface area contributed by atoms with E-state index in [9.17, 15) is 0 Å². The van der Waals surface area contributed by atoms with Crippen LogP contribution in [0.2, 0.25) is 0 Å². The van der Waals surface area contributed by atoms with Crippen LogP contribution in [0.4, 0.5) is 5.95 Å². The van der Waals surface area contributed by atoms with Gasteiger partial charge in [0.25, 0.3) is 0 Å². The zero-order chi connectivity index (χ0) is 10.1. The average molecular weight is 204 g/mol. The van der Waals surface area contributed by atoms with Crippen LogP contribution in [0.3, 0.4) is 0 Å². The molecule has 3 rings (SSSR count). The van der Waals surface area contributed by atoms with Crippen LogP contribution in [0, 0.1) is 11.8 Å². The predicted molar refractivity (Wildman–Crippen MR) is 57.5 cm³/mol. The molecular formula is C11H16N4. The van der Waals surface area contributed by atoms with Crippen molar-refractivity contribution in [2.45, 2.75) is 25.7 Å². The lowest BCUT2D eigenvalue weighted by Gasteiger charge is -2.32. The van der Waals surface area contributed by atoms with Crippen LogP contribution >= 0.6 is 0 Å². The maximum atomic E-state index is 4.27. The number of hydrogen-bond donors (Lipinski definition) is 0. The van der Waals surface area contributed by atoms with Gasteiger partial charge in [0.1, 0.15) is 0 Å². The number of hydrogen-bond acceptors (Lipinski definition) is 4. The first-order valence-electron chi connectivity index (χ1n) is 5.82. The van der Waals surface area contributed by atoms with Crippen LogP contribution < -0.4 is 4.90 Å². The summed E-state index contributed by atoms with van der Waals surface area (Å²) in [6.45, 7) is 2.23. The van der Waals surface area contributed by atoms with Gasteiger partial charge in [-0.3, -0.25) is 0 Å². The molecule has 80 valence electrons. The third-order valence-corrected chi connectivity index (χ3v) is 3.50. The van der Waals surface area contributed by atoms with Crippen molar-refractivity contribution >= 4 is 5.95 Å². The van der Waals surface area contributed by atoms with E-state index in [1.54, 1.807) is 12.4 Å². The molecule has 4 nitrogen and oxygen atoms in total. The maximum Gasteiger partial charge on any atom is 0.245 e. The highest BCUT2D eigenvalue weighted by molar-refractivity contribution is 5.28. The van der Waals surface area contributed by atoms with E-state index >= 15 is 0 Å². The normalized spacial score (nSPS) is 26.7. The molecule has 0 N–H and O–H groups in total. The molecule has 0 bridgehead atoms. The zero-order valence-electron chi connectivity index (χ0n) is 8.84. The SMILES string of the molecule is c1cnc(N2CCC[C@@H](C3CC3)C2)nn1. The van der Waals surface area contributed by atoms with Gasteiger partial charge in [0, 0.05) is 13.1 Å². The molecule has 0 aromatic carbocycles. The summed E-state index contributed by atoms with van der Waals surface area (Å²) < 4.78 is 0. The zero-order valence-corrected chi connectivity index (χ0v) is 8.84. The van der Waals surface area contributed by atoms with Crippen LogP contribution in [-0.2, 0) is 0 Å². The highest BCUT2D eigenvalue weighted by Gasteiger charge is 2.34. The minimum Gasteiger partial charge on any atom is -0.339 e. The van der Waals surface area contributed by atoms with Crippen molar-refractivity contribution in [3.63, 3.8) is 0 Å². The number of nitrogens with zero attached hydrogens (tertiary/aromatic N) is 4. The molecule has 2 aliphatic rings. The summed E-state index contributed by atoms with van der Waals surface area (Å²) in [5, 5.41) is 7.97. The standard InChI is InChI=1S/C11H16N4/c1-2-10(9-3-4-9)8-15(7-1)11-12-5-6-13-14-11/h5-6,9-10H,1-4,7-8H2/t10-/m1/s1. The molecule has 1 saturated heterocycles. The van der Waals surface area contributed by atoms with Gasteiger partial charge in [0.05, 0.1) is 12.4 Å². The molecule has 1 aromatic rings. The fourth-order valence-electron chi connectivity index (χ4n) is 2.53. The van der Waals surface area contributed by atoms with Crippen LogP contribution in [0.15, 0.2) is 12.4 Å². The van der Waals surface area contributed by atoms with Crippen LogP contribution in [0.1, 0.15) is 25.7 Å². The third-order valence-electron chi connectivity index (χ3n) is 3.50. The van der Waals surface area contributed by atoms with E-state index in [0.29, 0.717) is 0 Å². The lowest BCUT2D eigenvalue weighted by molar-refractivity contribution is 0.370. The Balaban J connectivity index is 1.70. The number of rotatable bonds is 2. The third kappa shape index (κ3) is 1.94. The lowest BCUT2D eigenvalue weighted by atomic mass is 9.94. The highest BCUT2D eigenvalue weighted by Crippen LogP contribution is 2.41. The summed E-state index contributed by atoms with van der Waals surface area (Å²) >= 11 is 0. The molecule has 1 atom stereocenters. The van der Waals surface area contributed by atoms with E-state index in [1.165, 1.54) is 25.7 Å². The largest absolute Gasteiger partial charge is 0.339 e. The Bertz CT molecular complexity index is 323. The smallest absolute Gasteiger partial charge is 0.245 e. The molecule has 15 heavy (non-hydrogen) atoms. The van der Waals surface area contributed by atoms with Gasteiger partial charge in [0.15, 0.2) is 0 Å². The first-order valence-corrected chi connectivity index (χ1v) is 5.82. The molecule has 0 radical (unpaired) electrons. The summed E-state index contributed by atoms with van der Waals surface area (Å²) in [5.74, 6) is 2.68. The minimum absolute atomic E-state index is 0.808. The van der Waals surface area contributed by atoms with Gasteiger partial charge in [-0.25, -0.2) is 4.98 Å². The van der Waals surface area contributed by atoms with Gasteiger partial charge in [-0.05, 0) is 37.5 Å². The molecule has 0 spiro atoms. The minimum atomic E-state index is 0.808. The second-order valence-electron chi connectivity index (χ2n) is 4.63. The molecule has 2 heterocycles. The summed E-state index contributed by atoms with van der Waals surface area (Å²) in [6, 6.07) is 0. The van der Waals surface area contributed by atoms with Crippen molar-refractivity contribution in [2.75, 3.05) is 18.0 Å². The molecule has 4 heteroatoms. The van der Waals surface area contributed by atoms with Gasteiger partial charge in [-0.2, -0.15) is 5.10 Å². The lowest BCUT2D eigenvalue weighted by Crippen LogP contribution is -2.37. The second-order valence-corrected chi connectivity index (χ2v) is 4.63. The molecule has 2 fully saturated rings. The Kier molecular flexibility index (Phi) is 2.27. The summed E-state index contributed by atoms with van der Waals surface area (Å²) in [6.07, 6.45) is 8.90. The summed E-state index contributed by atoms with van der Waals surface area (Å²) in [5.41, 5.74) is 0. The fourth-order valence-corrected chi connectivity index (χ4v) is 2.53. The Morgan fingerprint density at radius 1 is 1.13 bits per heavy atom. The second kappa shape index (κ2) is 3.76. The van der Waals surface area contributed by atoms with Crippen molar-refractivity contribution in [2.24, 2.45) is 11.8 Å². The number of piperidine rings is 1. The molecule has 0 amide bonds. The van der Waals surface area contributed by atoms with E-state index in [1.807, 2.05) is 0 Å². The molecule has 1 aliphatic carbocycles. The highest BCUT2D eigenvalue weighted by atomic mass is 15.3. The van der Waals surface area contributed by atoms with Gasteiger partial charge >= 0.3 is 0 Å². The maximum absolute atomic E-state index is 4.27. The Labute approximate surface area is 89.7 Å². The Morgan fingerprint density at radius 3 is 2.80 bits per heavy atom. The first-order chi connectivity index (χ1) is 7.43. The Hall–Kier alpha value is -1.19. The molecule has 1 saturated carbocycles. The van der Waals surface area contributed by atoms with Crippen molar-refractivity contribution < 1.29 is 0 Å².